The number of rotatable bonds is 8. The number of hydrogen-bond donors (Lipinski definition) is 1. The van der Waals surface area contributed by atoms with E-state index < -0.39 is 0 Å². The minimum Gasteiger partial charge on any atom is -0.316 e. The zero-order chi connectivity index (χ0) is 12.5. The van der Waals surface area contributed by atoms with Crippen LogP contribution in [0.4, 0.5) is 0 Å². The summed E-state index contributed by atoms with van der Waals surface area (Å²) in [6.07, 6.45) is 9.04. The van der Waals surface area contributed by atoms with Crippen molar-refractivity contribution in [3.63, 3.8) is 0 Å². The molecule has 2 heteroatoms. The molecule has 0 aromatic carbocycles. The van der Waals surface area contributed by atoms with Crippen molar-refractivity contribution in [2.45, 2.75) is 65.2 Å². The second-order valence-electron chi connectivity index (χ2n) is 5.58. The zero-order valence-corrected chi connectivity index (χ0v) is 11.6. The Bertz CT molecular complexity index is 209. The minimum absolute atomic E-state index is 0.502. The molecule has 100 valence electrons. The molecule has 1 fully saturated rings. The summed E-state index contributed by atoms with van der Waals surface area (Å²) in [5, 5.41) is 3.39. The van der Waals surface area contributed by atoms with Crippen LogP contribution in [0.15, 0.2) is 0 Å². The molecule has 0 saturated carbocycles. The van der Waals surface area contributed by atoms with Crippen LogP contribution in [0.3, 0.4) is 0 Å². The average molecular weight is 239 g/mol. The van der Waals surface area contributed by atoms with Crippen molar-refractivity contribution in [2.24, 2.45) is 11.8 Å². The number of piperidine rings is 1. The second-order valence-corrected chi connectivity index (χ2v) is 5.58. The Hall–Kier alpha value is -0.370. The lowest BCUT2D eigenvalue weighted by Crippen LogP contribution is -2.31. The highest BCUT2D eigenvalue weighted by Crippen LogP contribution is 2.21. The molecule has 0 spiro atoms. The molecular weight excluding hydrogens is 210 g/mol. The van der Waals surface area contributed by atoms with Gasteiger partial charge in [-0.15, -0.1) is 0 Å². The Morgan fingerprint density at radius 2 is 2.24 bits per heavy atom. The molecule has 2 nitrogen and oxygen atoms in total. The van der Waals surface area contributed by atoms with E-state index in [0.717, 1.165) is 32.4 Å². The third kappa shape index (κ3) is 6.21. The van der Waals surface area contributed by atoms with E-state index in [1.54, 1.807) is 0 Å². The van der Waals surface area contributed by atoms with Gasteiger partial charge in [0, 0.05) is 12.8 Å². The van der Waals surface area contributed by atoms with Gasteiger partial charge in [0.05, 0.1) is 0 Å². The molecule has 0 aromatic rings. The van der Waals surface area contributed by atoms with Gasteiger partial charge >= 0.3 is 0 Å². The summed E-state index contributed by atoms with van der Waals surface area (Å²) in [5.74, 6) is 1.75. The molecule has 1 aliphatic heterocycles. The van der Waals surface area contributed by atoms with Crippen LogP contribution in [0, 0.1) is 11.8 Å². The largest absolute Gasteiger partial charge is 0.316 e. The molecule has 0 aliphatic carbocycles. The highest BCUT2D eigenvalue weighted by Gasteiger charge is 2.18. The highest BCUT2D eigenvalue weighted by molar-refractivity contribution is 5.78. The Labute approximate surface area is 107 Å². The number of carbonyl (C=O) groups is 1. The Morgan fingerprint density at radius 1 is 1.41 bits per heavy atom. The van der Waals surface area contributed by atoms with Crippen molar-refractivity contribution >= 4 is 5.78 Å². The van der Waals surface area contributed by atoms with Gasteiger partial charge in [-0.05, 0) is 37.8 Å². The van der Waals surface area contributed by atoms with Crippen molar-refractivity contribution in [3.05, 3.63) is 0 Å². The summed E-state index contributed by atoms with van der Waals surface area (Å²) in [7, 11) is 0. The molecule has 2 atom stereocenters. The quantitative estimate of drug-likeness (QED) is 0.702. The average Bonchev–Trinajstić information content (AvgIpc) is 2.35. The third-order valence-electron chi connectivity index (χ3n) is 3.97. The van der Waals surface area contributed by atoms with Crippen LogP contribution >= 0.6 is 0 Å². The van der Waals surface area contributed by atoms with Crippen LogP contribution < -0.4 is 5.32 Å². The summed E-state index contributed by atoms with van der Waals surface area (Å²) < 4.78 is 0. The Kier molecular flexibility index (Phi) is 7.50. The lowest BCUT2D eigenvalue weighted by molar-refractivity contribution is -0.121. The van der Waals surface area contributed by atoms with Crippen molar-refractivity contribution in [1.29, 1.82) is 0 Å². The van der Waals surface area contributed by atoms with Gasteiger partial charge < -0.3 is 5.32 Å². The normalized spacial score (nSPS) is 22.4. The standard InChI is InChI=1S/C15H29NO/c1-3-5-7-13(4-2)10-15(17)11-14-8-6-9-16-12-14/h13-14,16H,3-12H2,1-2H3. The number of hydrogen-bond acceptors (Lipinski definition) is 2. The summed E-state index contributed by atoms with van der Waals surface area (Å²) in [6, 6.07) is 0. The lowest BCUT2D eigenvalue weighted by atomic mass is 9.88. The fraction of sp³-hybridized carbons (Fsp3) is 0.933. The third-order valence-corrected chi connectivity index (χ3v) is 3.97. The van der Waals surface area contributed by atoms with Crippen LogP contribution in [0.5, 0.6) is 0 Å². The van der Waals surface area contributed by atoms with Gasteiger partial charge in [-0.1, -0.05) is 39.5 Å². The van der Waals surface area contributed by atoms with Crippen LogP contribution in [0.25, 0.3) is 0 Å². The maximum Gasteiger partial charge on any atom is 0.133 e. The van der Waals surface area contributed by atoms with Gasteiger partial charge in [-0.3, -0.25) is 4.79 Å². The van der Waals surface area contributed by atoms with E-state index in [9.17, 15) is 4.79 Å². The highest BCUT2D eigenvalue weighted by atomic mass is 16.1. The van der Waals surface area contributed by atoms with Gasteiger partial charge in [-0.25, -0.2) is 0 Å². The van der Waals surface area contributed by atoms with Crippen molar-refractivity contribution in [3.8, 4) is 0 Å². The second kappa shape index (κ2) is 8.68. The summed E-state index contributed by atoms with van der Waals surface area (Å²) in [5.41, 5.74) is 0. The topological polar surface area (TPSA) is 29.1 Å². The summed E-state index contributed by atoms with van der Waals surface area (Å²) in [4.78, 5) is 12.0. The van der Waals surface area contributed by atoms with Gasteiger partial charge in [0.2, 0.25) is 0 Å². The van der Waals surface area contributed by atoms with E-state index in [1.807, 2.05) is 0 Å². The summed E-state index contributed by atoms with van der Waals surface area (Å²) in [6.45, 7) is 6.63. The van der Waals surface area contributed by atoms with E-state index in [-0.39, 0.29) is 0 Å². The Balaban J connectivity index is 2.21. The van der Waals surface area contributed by atoms with Crippen molar-refractivity contribution < 1.29 is 4.79 Å². The maximum absolute atomic E-state index is 12.0. The first-order valence-corrected chi connectivity index (χ1v) is 7.48. The predicted octanol–water partition coefficient (Wildman–Crippen LogP) is 3.55. The summed E-state index contributed by atoms with van der Waals surface area (Å²) >= 11 is 0. The first-order valence-electron chi connectivity index (χ1n) is 7.48. The van der Waals surface area contributed by atoms with Crippen LogP contribution in [0.2, 0.25) is 0 Å². The Morgan fingerprint density at radius 3 is 2.82 bits per heavy atom. The first-order chi connectivity index (χ1) is 8.26. The maximum atomic E-state index is 12.0. The van der Waals surface area contributed by atoms with Gasteiger partial charge in [0.25, 0.3) is 0 Å². The van der Waals surface area contributed by atoms with Gasteiger partial charge in [0.15, 0.2) is 0 Å². The van der Waals surface area contributed by atoms with E-state index in [1.165, 1.54) is 32.1 Å². The lowest BCUT2D eigenvalue weighted by Gasteiger charge is -2.23. The smallest absolute Gasteiger partial charge is 0.133 e. The number of carbonyl (C=O) groups excluding carboxylic acids is 1. The number of nitrogens with one attached hydrogen (secondary N) is 1. The molecule has 1 saturated heterocycles. The fourth-order valence-electron chi connectivity index (χ4n) is 2.77. The minimum atomic E-state index is 0.502. The molecule has 0 radical (unpaired) electrons. The van der Waals surface area contributed by atoms with E-state index in [0.29, 0.717) is 17.6 Å². The molecule has 2 unspecified atom stereocenters. The fourth-order valence-corrected chi connectivity index (χ4v) is 2.77. The molecule has 1 heterocycles. The monoisotopic (exact) mass is 239 g/mol. The predicted molar refractivity (Wildman–Crippen MR) is 73.1 cm³/mol. The molecule has 0 aromatic heterocycles. The van der Waals surface area contributed by atoms with Gasteiger partial charge in [-0.2, -0.15) is 0 Å². The number of unbranched alkanes of at least 4 members (excludes halogenated alkanes) is 1. The van der Waals surface area contributed by atoms with E-state index in [4.69, 9.17) is 0 Å². The van der Waals surface area contributed by atoms with Crippen LogP contribution in [0.1, 0.15) is 65.2 Å². The van der Waals surface area contributed by atoms with Crippen LogP contribution in [-0.4, -0.2) is 18.9 Å². The molecule has 1 aliphatic rings. The number of ketones is 1. The van der Waals surface area contributed by atoms with E-state index >= 15 is 0 Å². The zero-order valence-electron chi connectivity index (χ0n) is 11.6. The molecule has 1 N–H and O–H groups in total. The molecular formula is C15H29NO. The first kappa shape index (κ1) is 14.7. The number of Topliss-reactive ketones (excluding diaryl/α,β-unsaturated/α-hetero) is 1. The molecule has 0 amide bonds. The van der Waals surface area contributed by atoms with Crippen molar-refractivity contribution in [2.75, 3.05) is 13.1 Å². The SMILES string of the molecule is CCCCC(CC)CC(=O)CC1CCCNC1. The van der Waals surface area contributed by atoms with Crippen LogP contribution in [-0.2, 0) is 4.79 Å². The molecule has 1 rings (SSSR count). The van der Waals surface area contributed by atoms with E-state index in [2.05, 4.69) is 19.2 Å². The van der Waals surface area contributed by atoms with Crippen molar-refractivity contribution in [1.82, 2.24) is 5.32 Å². The molecule has 17 heavy (non-hydrogen) atoms. The molecule has 0 bridgehead atoms. The van der Waals surface area contributed by atoms with Gasteiger partial charge in [0.1, 0.15) is 5.78 Å².